The Bertz CT molecular complexity index is 161. The van der Waals surface area contributed by atoms with E-state index < -0.39 is 17.9 Å². The summed E-state index contributed by atoms with van der Waals surface area (Å²) in [5.74, 6) is -2.80. The number of ether oxygens (including phenoxy) is 2. The van der Waals surface area contributed by atoms with Gasteiger partial charge in [-0.25, -0.2) is 0 Å². The van der Waals surface area contributed by atoms with Crippen molar-refractivity contribution in [2.75, 3.05) is 14.2 Å². The summed E-state index contributed by atoms with van der Waals surface area (Å²) in [5.41, 5.74) is 0. The van der Waals surface area contributed by atoms with E-state index in [9.17, 15) is 9.59 Å². The molecule has 62 valence electrons. The minimum atomic E-state index is -1.23. The zero-order chi connectivity index (χ0) is 8.85. The first-order chi connectivity index (χ1) is 5.17. The van der Waals surface area contributed by atoms with Crippen molar-refractivity contribution < 1.29 is 19.1 Å². The molecule has 1 N–H and O–H groups in total. The van der Waals surface area contributed by atoms with Crippen LogP contribution in [0.3, 0.4) is 0 Å². The largest absolute Gasteiger partial charge is 0.468 e. The second-order valence-electron chi connectivity index (χ2n) is 1.69. The highest BCUT2D eigenvalue weighted by atomic mass is 16.5. The number of rotatable bonds is 3. The molecule has 0 aliphatic carbocycles. The number of esters is 2. The summed E-state index contributed by atoms with van der Waals surface area (Å²) < 4.78 is 8.47. The molecular formula is C6H9NO4. The van der Waals surface area contributed by atoms with Gasteiger partial charge in [0.1, 0.15) is 0 Å². The van der Waals surface area contributed by atoms with Crippen molar-refractivity contribution in [3.63, 3.8) is 0 Å². The Morgan fingerprint density at radius 3 is 1.82 bits per heavy atom. The molecule has 0 radical (unpaired) electrons. The van der Waals surface area contributed by atoms with Crippen LogP contribution in [0.4, 0.5) is 0 Å². The van der Waals surface area contributed by atoms with E-state index in [2.05, 4.69) is 9.47 Å². The molecule has 0 bridgehead atoms. The quantitative estimate of drug-likeness (QED) is 0.345. The maximum absolute atomic E-state index is 10.7. The van der Waals surface area contributed by atoms with Crippen molar-refractivity contribution in [2.24, 2.45) is 5.92 Å². The zero-order valence-electron chi connectivity index (χ0n) is 6.29. The predicted octanol–water partition coefficient (Wildman–Crippen LogP) is -0.402. The van der Waals surface area contributed by atoms with Gasteiger partial charge in [-0.2, -0.15) is 0 Å². The summed E-state index contributed by atoms with van der Waals surface area (Å²) >= 11 is 0. The predicted molar refractivity (Wildman–Crippen MR) is 36.3 cm³/mol. The lowest BCUT2D eigenvalue weighted by molar-refractivity contribution is -0.154. The third-order valence-electron chi connectivity index (χ3n) is 1.08. The van der Waals surface area contributed by atoms with Gasteiger partial charge in [0.15, 0.2) is 5.92 Å². The van der Waals surface area contributed by atoms with Gasteiger partial charge < -0.3 is 14.9 Å². The Morgan fingerprint density at radius 1 is 1.27 bits per heavy atom. The van der Waals surface area contributed by atoms with E-state index in [-0.39, 0.29) is 0 Å². The van der Waals surface area contributed by atoms with E-state index in [0.717, 1.165) is 14.2 Å². The number of carbonyl (C=O) groups is 2. The fourth-order valence-corrected chi connectivity index (χ4v) is 0.486. The normalized spacial score (nSPS) is 9.00. The van der Waals surface area contributed by atoms with Crippen molar-refractivity contribution >= 4 is 18.2 Å². The summed E-state index contributed by atoms with van der Waals surface area (Å²) in [7, 11) is 2.28. The molecule has 0 aromatic rings. The Balaban J connectivity index is 4.27. The molecule has 0 spiro atoms. The number of hydrogen-bond donors (Lipinski definition) is 1. The van der Waals surface area contributed by atoms with Crippen molar-refractivity contribution in [2.45, 2.75) is 0 Å². The third kappa shape index (κ3) is 2.37. The molecule has 0 saturated carbocycles. The van der Waals surface area contributed by atoms with Crippen molar-refractivity contribution in [1.82, 2.24) is 0 Å². The molecule has 0 atom stereocenters. The van der Waals surface area contributed by atoms with Crippen LogP contribution >= 0.6 is 0 Å². The molecule has 0 aromatic heterocycles. The molecule has 5 nitrogen and oxygen atoms in total. The molecule has 11 heavy (non-hydrogen) atoms. The first-order valence-corrected chi connectivity index (χ1v) is 2.83. The SMILES string of the molecule is COC(=O)C(C=N)C(=O)OC. The minimum absolute atomic E-state index is 0.678. The molecule has 0 unspecified atom stereocenters. The van der Waals surface area contributed by atoms with Crippen LogP contribution in [0, 0.1) is 11.3 Å². The number of methoxy groups -OCH3 is 2. The van der Waals surface area contributed by atoms with Crippen LogP contribution in [0.2, 0.25) is 0 Å². The first kappa shape index (κ1) is 9.61. The molecule has 0 saturated heterocycles. The Kier molecular flexibility index (Phi) is 3.87. The molecule has 0 amide bonds. The smallest absolute Gasteiger partial charge is 0.325 e. The fraction of sp³-hybridized carbons (Fsp3) is 0.500. The number of hydrogen-bond acceptors (Lipinski definition) is 5. The van der Waals surface area contributed by atoms with E-state index in [1.165, 1.54) is 0 Å². The first-order valence-electron chi connectivity index (χ1n) is 2.83. The van der Waals surface area contributed by atoms with Crippen molar-refractivity contribution in [1.29, 1.82) is 5.41 Å². The highest BCUT2D eigenvalue weighted by Gasteiger charge is 2.25. The van der Waals surface area contributed by atoms with Crippen LogP contribution < -0.4 is 0 Å². The summed E-state index contributed by atoms with van der Waals surface area (Å²) in [5, 5.41) is 6.70. The molecular weight excluding hydrogens is 150 g/mol. The maximum atomic E-state index is 10.7. The Labute approximate surface area is 63.8 Å². The van der Waals surface area contributed by atoms with Gasteiger partial charge in [0.2, 0.25) is 0 Å². The Morgan fingerprint density at radius 2 is 1.64 bits per heavy atom. The second kappa shape index (κ2) is 4.43. The summed E-state index contributed by atoms with van der Waals surface area (Å²) in [6.45, 7) is 0. The molecule has 0 aliphatic heterocycles. The van der Waals surface area contributed by atoms with Crippen LogP contribution in [-0.2, 0) is 19.1 Å². The fourth-order valence-electron chi connectivity index (χ4n) is 0.486. The van der Waals surface area contributed by atoms with Crippen molar-refractivity contribution in [3.05, 3.63) is 0 Å². The Hall–Kier alpha value is -1.39. The van der Waals surface area contributed by atoms with Gasteiger partial charge in [-0.1, -0.05) is 0 Å². The molecule has 5 heteroatoms. The van der Waals surface area contributed by atoms with Gasteiger partial charge in [0, 0.05) is 6.21 Å². The highest BCUT2D eigenvalue weighted by Crippen LogP contribution is 1.97. The van der Waals surface area contributed by atoms with Crippen LogP contribution in [0.5, 0.6) is 0 Å². The summed E-state index contributed by atoms with van der Waals surface area (Å²) in [6.07, 6.45) is 0.678. The molecule has 0 rings (SSSR count). The molecule has 0 aromatic carbocycles. The molecule has 0 heterocycles. The second-order valence-corrected chi connectivity index (χ2v) is 1.69. The molecule has 0 fully saturated rings. The lowest BCUT2D eigenvalue weighted by atomic mass is 10.2. The lowest BCUT2D eigenvalue weighted by Gasteiger charge is -2.05. The lowest BCUT2D eigenvalue weighted by Crippen LogP contribution is -2.27. The highest BCUT2D eigenvalue weighted by molar-refractivity contribution is 6.08. The van der Waals surface area contributed by atoms with Gasteiger partial charge in [0.25, 0.3) is 0 Å². The van der Waals surface area contributed by atoms with Crippen molar-refractivity contribution in [3.8, 4) is 0 Å². The maximum Gasteiger partial charge on any atom is 0.325 e. The average Bonchev–Trinajstić information content (AvgIpc) is 2.05. The van der Waals surface area contributed by atoms with E-state index in [0.29, 0.717) is 6.21 Å². The van der Waals surface area contributed by atoms with Crippen LogP contribution in [0.15, 0.2) is 0 Å². The average molecular weight is 159 g/mol. The minimum Gasteiger partial charge on any atom is -0.468 e. The van der Waals surface area contributed by atoms with Crippen LogP contribution in [0.1, 0.15) is 0 Å². The van der Waals surface area contributed by atoms with Crippen LogP contribution in [0.25, 0.3) is 0 Å². The topological polar surface area (TPSA) is 76.5 Å². The van der Waals surface area contributed by atoms with Gasteiger partial charge in [0.05, 0.1) is 14.2 Å². The van der Waals surface area contributed by atoms with E-state index in [1.54, 1.807) is 0 Å². The van der Waals surface area contributed by atoms with Gasteiger partial charge in [-0.15, -0.1) is 0 Å². The number of carbonyl (C=O) groups excluding carboxylic acids is 2. The van der Waals surface area contributed by atoms with E-state index in [4.69, 9.17) is 5.41 Å². The summed E-state index contributed by atoms with van der Waals surface area (Å²) in [6, 6.07) is 0. The van der Waals surface area contributed by atoms with Gasteiger partial charge in [-0.05, 0) is 0 Å². The van der Waals surface area contributed by atoms with Gasteiger partial charge >= 0.3 is 11.9 Å². The van der Waals surface area contributed by atoms with Crippen LogP contribution in [-0.4, -0.2) is 32.4 Å². The van der Waals surface area contributed by atoms with E-state index in [1.807, 2.05) is 0 Å². The van der Waals surface area contributed by atoms with E-state index >= 15 is 0 Å². The zero-order valence-corrected chi connectivity index (χ0v) is 6.29. The van der Waals surface area contributed by atoms with Gasteiger partial charge in [-0.3, -0.25) is 9.59 Å². The summed E-state index contributed by atoms with van der Waals surface area (Å²) in [4.78, 5) is 21.3. The standard InChI is InChI=1S/C6H9NO4/c1-10-5(8)4(3-7)6(9)11-2/h3-4,7H,1-2H3. The third-order valence-corrected chi connectivity index (χ3v) is 1.08. The molecule has 0 aliphatic rings. The monoisotopic (exact) mass is 159 g/mol. The number of nitrogens with one attached hydrogen (secondary N) is 1.